The van der Waals surface area contributed by atoms with Crippen molar-refractivity contribution in [2.24, 2.45) is 0 Å². The van der Waals surface area contributed by atoms with Gasteiger partial charge in [-0.05, 0) is 23.6 Å². The summed E-state index contributed by atoms with van der Waals surface area (Å²) in [5.41, 5.74) is 2.95. The van der Waals surface area contributed by atoms with E-state index in [1.807, 2.05) is 25.1 Å². The van der Waals surface area contributed by atoms with Crippen molar-refractivity contribution < 1.29 is 19.1 Å². The summed E-state index contributed by atoms with van der Waals surface area (Å²) in [7, 11) is 2.63. The minimum atomic E-state index is -0.477. The fraction of sp³-hybridized carbons (Fsp3) is 0.385. The Labute approximate surface area is 112 Å². The Balaban J connectivity index is 2.65. The van der Waals surface area contributed by atoms with E-state index in [0.29, 0.717) is 13.1 Å². The molecule has 0 unspecified atom stereocenters. The van der Waals surface area contributed by atoms with Crippen molar-refractivity contribution in [2.45, 2.75) is 20.0 Å². The highest BCUT2D eigenvalue weighted by Gasteiger charge is 2.05. The van der Waals surface area contributed by atoms with E-state index in [1.54, 1.807) is 0 Å². The summed E-state index contributed by atoms with van der Waals surface area (Å²) in [5.74, 6) is 0. The molecule has 0 aliphatic heterocycles. The van der Waals surface area contributed by atoms with Gasteiger partial charge in [-0.25, -0.2) is 9.59 Å². The molecule has 104 valence electrons. The average molecular weight is 266 g/mol. The summed E-state index contributed by atoms with van der Waals surface area (Å²) in [6, 6.07) is 5.76. The van der Waals surface area contributed by atoms with Gasteiger partial charge in [0.15, 0.2) is 0 Å². The lowest BCUT2D eigenvalue weighted by molar-refractivity contribution is 0.170. The van der Waals surface area contributed by atoms with E-state index in [2.05, 4.69) is 20.1 Å². The summed E-state index contributed by atoms with van der Waals surface area (Å²) >= 11 is 0. The second-order valence-corrected chi connectivity index (χ2v) is 3.95. The largest absolute Gasteiger partial charge is 0.453 e. The van der Waals surface area contributed by atoms with Gasteiger partial charge in [-0.15, -0.1) is 0 Å². The zero-order valence-electron chi connectivity index (χ0n) is 11.3. The van der Waals surface area contributed by atoms with E-state index >= 15 is 0 Å². The van der Waals surface area contributed by atoms with Crippen LogP contribution in [0.3, 0.4) is 0 Å². The van der Waals surface area contributed by atoms with Crippen molar-refractivity contribution in [3.8, 4) is 0 Å². The Morgan fingerprint density at radius 3 is 2.21 bits per heavy atom. The molecule has 1 aromatic rings. The smallest absolute Gasteiger partial charge is 0.407 e. The van der Waals surface area contributed by atoms with Gasteiger partial charge in [0.05, 0.1) is 14.2 Å². The highest BCUT2D eigenvalue weighted by molar-refractivity contribution is 5.67. The maximum absolute atomic E-state index is 11.0. The molecule has 0 heterocycles. The number of aryl methyl sites for hydroxylation is 1. The molecular weight excluding hydrogens is 248 g/mol. The first-order valence-corrected chi connectivity index (χ1v) is 5.79. The number of hydrogen-bond acceptors (Lipinski definition) is 4. The van der Waals surface area contributed by atoms with Crippen LogP contribution in [0, 0.1) is 6.92 Å². The van der Waals surface area contributed by atoms with Crippen LogP contribution in [0.15, 0.2) is 18.2 Å². The lowest BCUT2D eigenvalue weighted by Gasteiger charge is -2.10. The third-order valence-corrected chi connectivity index (χ3v) is 2.64. The number of alkyl carbamates (subject to hydrolysis) is 2. The molecular formula is C13H18N2O4. The lowest BCUT2D eigenvalue weighted by Crippen LogP contribution is -2.24. The fourth-order valence-electron chi connectivity index (χ4n) is 1.51. The lowest BCUT2D eigenvalue weighted by atomic mass is 10.0. The molecule has 0 spiro atoms. The molecule has 0 bridgehead atoms. The summed E-state index contributed by atoms with van der Waals surface area (Å²) in [6.07, 6.45) is -0.952. The number of methoxy groups -OCH3 is 2. The zero-order chi connectivity index (χ0) is 14.3. The first-order valence-electron chi connectivity index (χ1n) is 5.79. The van der Waals surface area contributed by atoms with Crippen molar-refractivity contribution in [3.05, 3.63) is 34.9 Å². The molecule has 1 aromatic carbocycles. The van der Waals surface area contributed by atoms with Crippen molar-refractivity contribution in [2.75, 3.05) is 14.2 Å². The SMILES string of the molecule is COC(=O)NCc1ccc(C)c(CNC(=O)OC)c1. The molecule has 0 aromatic heterocycles. The quantitative estimate of drug-likeness (QED) is 0.869. The molecule has 0 radical (unpaired) electrons. The Hall–Kier alpha value is -2.24. The minimum absolute atomic E-state index is 0.373. The minimum Gasteiger partial charge on any atom is -0.453 e. The van der Waals surface area contributed by atoms with Gasteiger partial charge in [-0.1, -0.05) is 18.2 Å². The molecule has 0 aliphatic carbocycles. The highest BCUT2D eigenvalue weighted by Crippen LogP contribution is 2.11. The van der Waals surface area contributed by atoms with Crippen LogP contribution < -0.4 is 10.6 Å². The van der Waals surface area contributed by atoms with Crippen LogP contribution in [0.1, 0.15) is 16.7 Å². The third-order valence-electron chi connectivity index (χ3n) is 2.64. The summed E-state index contributed by atoms with van der Waals surface area (Å²) in [5, 5.41) is 5.22. The van der Waals surface area contributed by atoms with Crippen LogP contribution in [0.5, 0.6) is 0 Å². The predicted octanol–water partition coefficient (Wildman–Crippen LogP) is 1.71. The Morgan fingerprint density at radius 1 is 1.05 bits per heavy atom. The van der Waals surface area contributed by atoms with Gasteiger partial charge >= 0.3 is 12.2 Å². The van der Waals surface area contributed by atoms with Gasteiger partial charge in [-0.2, -0.15) is 0 Å². The van der Waals surface area contributed by atoms with Crippen LogP contribution in [0.4, 0.5) is 9.59 Å². The van der Waals surface area contributed by atoms with Gasteiger partial charge < -0.3 is 20.1 Å². The number of hydrogen-bond donors (Lipinski definition) is 2. The molecule has 19 heavy (non-hydrogen) atoms. The number of rotatable bonds is 4. The van der Waals surface area contributed by atoms with Crippen molar-refractivity contribution in [1.82, 2.24) is 10.6 Å². The second kappa shape index (κ2) is 7.25. The monoisotopic (exact) mass is 266 g/mol. The maximum atomic E-state index is 11.0. The average Bonchev–Trinajstić information content (AvgIpc) is 2.44. The van der Waals surface area contributed by atoms with Crippen molar-refractivity contribution in [1.29, 1.82) is 0 Å². The Kier molecular flexibility index (Phi) is 5.66. The molecule has 0 saturated carbocycles. The van der Waals surface area contributed by atoms with Crippen LogP contribution in [0.25, 0.3) is 0 Å². The molecule has 6 heteroatoms. The van der Waals surface area contributed by atoms with E-state index in [0.717, 1.165) is 16.7 Å². The van der Waals surface area contributed by atoms with Gasteiger partial charge in [0, 0.05) is 13.1 Å². The number of benzene rings is 1. The normalized spacial score (nSPS) is 9.63. The number of nitrogens with one attached hydrogen (secondary N) is 2. The van der Waals surface area contributed by atoms with Crippen LogP contribution >= 0.6 is 0 Å². The van der Waals surface area contributed by atoms with Crippen molar-refractivity contribution >= 4 is 12.2 Å². The van der Waals surface area contributed by atoms with Crippen LogP contribution in [-0.4, -0.2) is 26.4 Å². The first kappa shape index (κ1) is 14.8. The number of amides is 2. The summed E-state index contributed by atoms with van der Waals surface area (Å²) in [4.78, 5) is 22.0. The van der Waals surface area contributed by atoms with Crippen LogP contribution in [-0.2, 0) is 22.6 Å². The summed E-state index contributed by atoms with van der Waals surface area (Å²) in [6.45, 7) is 2.70. The molecule has 1 rings (SSSR count). The highest BCUT2D eigenvalue weighted by atomic mass is 16.5. The van der Waals surface area contributed by atoms with E-state index in [9.17, 15) is 9.59 Å². The number of carbonyl (C=O) groups excluding carboxylic acids is 2. The van der Waals surface area contributed by atoms with Gasteiger partial charge in [0.1, 0.15) is 0 Å². The fourth-order valence-corrected chi connectivity index (χ4v) is 1.51. The predicted molar refractivity (Wildman–Crippen MR) is 69.7 cm³/mol. The number of carbonyl (C=O) groups is 2. The molecule has 2 amide bonds. The molecule has 0 fully saturated rings. The Bertz CT molecular complexity index is 460. The summed E-state index contributed by atoms with van der Waals surface area (Å²) < 4.78 is 9.01. The topological polar surface area (TPSA) is 76.7 Å². The third kappa shape index (κ3) is 4.87. The number of ether oxygens (including phenoxy) is 2. The van der Waals surface area contributed by atoms with E-state index < -0.39 is 12.2 Å². The molecule has 0 atom stereocenters. The maximum Gasteiger partial charge on any atom is 0.407 e. The van der Waals surface area contributed by atoms with Gasteiger partial charge in [0.2, 0.25) is 0 Å². The van der Waals surface area contributed by atoms with Crippen LogP contribution in [0.2, 0.25) is 0 Å². The first-order chi connectivity index (χ1) is 9.06. The molecule has 6 nitrogen and oxygen atoms in total. The second-order valence-electron chi connectivity index (χ2n) is 3.95. The molecule has 0 aliphatic rings. The van der Waals surface area contributed by atoms with Gasteiger partial charge in [0.25, 0.3) is 0 Å². The van der Waals surface area contributed by atoms with E-state index in [1.165, 1.54) is 14.2 Å². The molecule has 0 saturated heterocycles. The Morgan fingerprint density at radius 2 is 1.63 bits per heavy atom. The van der Waals surface area contributed by atoms with E-state index in [4.69, 9.17) is 0 Å². The molecule has 2 N–H and O–H groups in total. The zero-order valence-corrected chi connectivity index (χ0v) is 11.3. The standard InChI is InChI=1S/C13H18N2O4/c1-9-4-5-10(7-14-12(16)18-2)6-11(9)8-15-13(17)19-3/h4-6H,7-8H2,1-3H3,(H,14,16)(H,15,17). The van der Waals surface area contributed by atoms with E-state index in [-0.39, 0.29) is 0 Å². The van der Waals surface area contributed by atoms with Crippen molar-refractivity contribution in [3.63, 3.8) is 0 Å². The van der Waals surface area contributed by atoms with Gasteiger partial charge in [-0.3, -0.25) is 0 Å².